The fourth-order valence-corrected chi connectivity index (χ4v) is 3.99. The molecule has 0 fully saturated rings. The molecule has 0 aliphatic rings. The van der Waals surface area contributed by atoms with Crippen molar-refractivity contribution in [2.24, 2.45) is 0 Å². The SMILES string of the molecule is Cc1noc(C)c1S(=O)(=O)N(C)c1ccccc1C(C)(C)C. The Morgan fingerprint density at radius 3 is 2.23 bits per heavy atom. The Balaban J connectivity index is 2.61. The lowest BCUT2D eigenvalue weighted by atomic mass is 9.86. The highest BCUT2D eigenvalue weighted by Crippen LogP contribution is 2.34. The monoisotopic (exact) mass is 322 g/mol. The fraction of sp³-hybridized carbons (Fsp3) is 0.438. The number of nitrogens with zero attached hydrogens (tertiary/aromatic N) is 2. The van der Waals surface area contributed by atoms with Crippen LogP contribution in [0.2, 0.25) is 0 Å². The number of benzene rings is 1. The average molecular weight is 322 g/mol. The number of hydrogen-bond acceptors (Lipinski definition) is 4. The Kier molecular flexibility index (Phi) is 4.08. The summed E-state index contributed by atoms with van der Waals surface area (Å²) in [4.78, 5) is 0.138. The van der Waals surface area contributed by atoms with Crippen LogP contribution >= 0.6 is 0 Å². The van der Waals surface area contributed by atoms with Crippen LogP contribution in [0.4, 0.5) is 5.69 Å². The van der Waals surface area contributed by atoms with Crippen molar-refractivity contribution in [1.82, 2.24) is 5.16 Å². The van der Waals surface area contributed by atoms with Crippen molar-refractivity contribution in [2.75, 3.05) is 11.4 Å². The number of sulfonamides is 1. The van der Waals surface area contributed by atoms with Gasteiger partial charge >= 0.3 is 0 Å². The van der Waals surface area contributed by atoms with Crippen LogP contribution in [0, 0.1) is 13.8 Å². The molecule has 0 unspecified atom stereocenters. The molecule has 0 atom stereocenters. The summed E-state index contributed by atoms with van der Waals surface area (Å²) in [5.74, 6) is 0.303. The van der Waals surface area contributed by atoms with Crippen molar-refractivity contribution in [3.63, 3.8) is 0 Å². The zero-order valence-corrected chi connectivity index (χ0v) is 14.7. The first kappa shape index (κ1) is 16.5. The number of aryl methyl sites for hydroxylation is 2. The van der Waals surface area contributed by atoms with E-state index in [0.717, 1.165) is 5.56 Å². The van der Waals surface area contributed by atoms with E-state index >= 15 is 0 Å². The van der Waals surface area contributed by atoms with Gasteiger partial charge in [0.15, 0.2) is 10.7 Å². The molecule has 0 aliphatic carbocycles. The summed E-state index contributed by atoms with van der Waals surface area (Å²) < 4.78 is 32.2. The third kappa shape index (κ3) is 2.75. The first-order valence-corrected chi connectivity index (χ1v) is 8.52. The number of rotatable bonds is 3. The first-order valence-electron chi connectivity index (χ1n) is 7.08. The molecule has 120 valence electrons. The zero-order chi connectivity index (χ0) is 16.7. The summed E-state index contributed by atoms with van der Waals surface area (Å²) in [5, 5.41) is 3.75. The van der Waals surface area contributed by atoms with Gasteiger partial charge in [-0.3, -0.25) is 4.31 Å². The summed E-state index contributed by atoms with van der Waals surface area (Å²) in [7, 11) is -2.15. The van der Waals surface area contributed by atoms with E-state index in [4.69, 9.17) is 4.52 Å². The van der Waals surface area contributed by atoms with Crippen LogP contribution < -0.4 is 4.31 Å². The van der Waals surface area contributed by atoms with Gasteiger partial charge in [0.25, 0.3) is 10.0 Å². The Bertz CT molecular complexity index is 766. The molecule has 0 aliphatic heterocycles. The van der Waals surface area contributed by atoms with Crippen LogP contribution in [-0.4, -0.2) is 20.6 Å². The lowest BCUT2D eigenvalue weighted by molar-refractivity contribution is 0.390. The maximum Gasteiger partial charge on any atom is 0.269 e. The average Bonchev–Trinajstić information content (AvgIpc) is 2.77. The lowest BCUT2D eigenvalue weighted by Crippen LogP contribution is -2.30. The standard InChI is InChI=1S/C16H22N2O3S/c1-11-15(12(2)21-17-11)22(19,20)18(6)14-10-8-7-9-13(14)16(3,4)5/h7-10H,1-6H3. The summed E-state index contributed by atoms with van der Waals surface area (Å²) >= 11 is 0. The maximum atomic E-state index is 12.9. The molecule has 0 amide bonds. The summed E-state index contributed by atoms with van der Waals surface area (Å²) in [6, 6.07) is 7.52. The third-order valence-corrected chi connectivity index (χ3v) is 5.65. The van der Waals surface area contributed by atoms with E-state index in [1.165, 1.54) is 4.31 Å². The minimum Gasteiger partial charge on any atom is -0.360 e. The molecule has 0 spiro atoms. The smallest absolute Gasteiger partial charge is 0.269 e. The number of hydrogen-bond donors (Lipinski definition) is 0. The molecular weight excluding hydrogens is 300 g/mol. The van der Waals surface area contributed by atoms with Crippen molar-refractivity contribution >= 4 is 15.7 Å². The van der Waals surface area contributed by atoms with E-state index in [0.29, 0.717) is 17.1 Å². The van der Waals surface area contributed by atoms with Gasteiger partial charge in [0.05, 0.1) is 5.69 Å². The molecule has 2 aromatic rings. The fourth-order valence-electron chi connectivity index (χ4n) is 2.49. The van der Waals surface area contributed by atoms with Gasteiger partial charge in [0.1, 0.15) is 5.69 Å². The molecule has 0 saturated carbocycles. The molecule has 2 rings (SSSR count). The number of aromatic nitrogens is 1. The van der Waals surface area contributed by atoms with Gasteiger partial charge in [-0.05, 0) is 30.9 Å². The van der Waals surface area contributed by atoms with Gasteiger partial charge in [-0.25, -0.2) is 8.42 Å². The molecule has 5 nitrogen and oxygen atoms in total. The van der Waals surface area contributed by atoms with E-state index in [1.54, 1.807) is 20.9 Å². The van der Waals surface area contributed by atoms with Crippen molar-refractivity contribution in [1.29, 1.82) is 0 Å². The predicted molar refractivity (Wildman–Crippen MR) is 86.7 cm³/mol. The number of para-hydroxylation sites is 1. The van der Waals surface area contributed by atoms with Gasteiger partial charge in [-0.1, -0.05) is 44.1 Å². The van der Waals surface area contributed by atoms with Crippen LogP contribution in [0.3, 0.4) is 0 Å². The van der Waals surface area contributed by atoms with Crippen LogP contribution in [0.1, 0.15) is 37.8 Å². The summed E-state index contributed by atoms with van der Waals surface area (Å²) in [6.45, 7) is 9.41. The van der Waals surface area contributed by atoms with Gasteiger partial charge in [0.2, 0.25) is 0 Å². The molecule has 0 N–H and O–H groups in total. The molecule has 6 heteroatoms. The molecule has 22 heavy (non-hydrogen) atoms. The number of anilines is 1. The Labute approximate surface area is 132 Å². The van der Waals surface area contributed by atoms with Gasteiger partial charge in [-0.15, -0.1) is 0 Å². The Hall–Kier alpha value is -1.82. The van der Waals surface area contributed by atoms with Gasteiger partial charge in [-0.2, -0.15) is 0 Å². The summed E-state index contributed by atoms with van der Waals surface area (Å²) in [5.41, 5.74) is 1.83. The molecule has 0 radical (unpaired) electrons. The molecule has 0 saturated heterocycles. The second-order valence-electron chi connectivity index (χ2n) is 6.39. The van der Waals surface area contributed by atoms with E-state index in [9.17, 15) is 8.42 Å². The van der Waals surface area contributed by atoms with Crippen LogP contribution in [0.25, 0.3) is 0 Å². The molecule has 0 bridgehead atoms. The second kappa shape index (κ2) is 5.43. The molecule has 1 heterocycles. The van der Waals surface area contributed by atoms with Crippen molar-refractivity contribution < 1.29 is 12.9 Å². The lowest BCUT2D eigenvalue weighted by Gasteiger charge is -2.28. The van der Waals surface area contributed by atoms with E-state index in [1.807, 2.05) is 24.3 Å². The third-order valence-electron chi connectivity index (χ3n) is 3.64. The van der Waals surface area contributed by atoms with E-state index in [2.05, 4.69) is 25.9 Å². The summed E-state index contributed by atoms with van der Waals surface area (Å²) in [6.07, 6.45) is 0. The largest absolute Gasteiger partial charge is 0.360 e. The molecule has 1 aromatic carbocycles. The van der Waals surface area contributed by atoms with E-state index < -0.39 is 10.0 Å². The van der Waals surface area contributed by atoms with Gasteiger partial charge in [0, 0.05) is 7.05 Å². The Morgan fingerprint density at radius 2 is 1.73 bits per heavy atom. The highest BCUT2D eigenvalue weighted by atomic mass is 32.2. The highest BCUT2D eigenvalue weighted by Gasteiger charge is 2.31. The van der Waals surface area contributed by atoms with Crippen LogP contribution in [0.15, 0.2) is 33.7 Å². The Morgan fingerprint density at radius 1 is 1.14 bits per heavy atom. The van der Waals surface area contributed by atoms with Crippen molar-refractivity contribution in [2.45, 2.75) is 44.9 Å². The van der Waals surface area contributed by atoms with Crippen molar-refractivity contribution in [3.05, 3.63) is 41.3 Å². The van der Waals surface area contributed by atoms with Crippen LogP contribution in [-0.2, 0) is 15.4 Å². The molecule has 1 aromatic heterocycles. The minimum atomic E-state index is -3.72. The van der Waals surface area contributed by atoms with Crippen LogP contribution in [0.5, 0.6) is 0 Å². The minimum absolute atomic E-state index is 0.138. The molecular formula is C16H22N2O3S. The predicted octanol–water partition coefficient (Wildman–Crippen LogP) is 3.41. The first-order chi connectivity index (χ1) is 10.1. The second-order valence-corrected chi connectivity index (χ2v) is 8.30. The maximum absolute atomic E-state index is 12.9. The quantitative estimate of drug-likeness (QED) is 0.868. The normalized spacial score (nSPS) is 12.5. The van der Waals surface area contributed by atoms with Crippen molar-refractivity contribution in [3.8, 4) is 0 Å². The van der Waals surface area contributed by atoms with E-state index in [-0.39, 0.29) is 10.3 Å². The highest BCUT2D eigenvalue weighted by molar-refractivity contribution is 7.92. The topological polar surface area (TPSA) is 63.4 Å². The zero-order valence-electron chi connectivity index (χ0n) is 13.8. The van der Waals surface area contributed by atoms with Gasteiger partial charge < -0.3 is 4.52 Å².